The average Bonchev–Trinajstić information content (AvgIpc) is 2.79. The minimum atomic E-state index is -0.783. The van der Waals surface area contributed by atoms with Crippen molar-refractivity contribution in [2.24, 2.45) is 0 Å². The quantitative estimate of drug-likeness (QED) is 0.177. The fourth-order valence-electron chi connectivity index (χ4n) is 3.72. The maximum atomic E-state index is 2.32. The van der Waals surface area contributed by atoms with Crippen molar-refractivity contribution in [3.8, 4) is 0 Å². The van der Waals surface area contributed by atoms with Crippen molar-refractivity contribution < 1.29 is 21.1 Å². The van der Waals surface area contributed by atoms with E-state index in [9.17, 15) is 0 Å². The van der Waals surface area contributed by atoms with Crippen LogP contribution in [0, 0.1) is 22.3 Å². The van der Waals surface area contributed by atoms with Crippen LogP contribution in [0.4, 0.5) is 0 Å². The molecule has 0 saturated heterocycles. The van der Waals surface area contributed by atoms with Gasteiger partial charge < -0.3 is 22.3 Å². The summed E-state index contributed by atoms with van der Waals surface area (Å²) < 4.78 is 0. The molecule has 4 aromatic rings. The zero-order chi connectivity index (χ0) is 19.0. The van der Waals surface area contributed by atoms with Crippen molar-refractivity contribution >= 4 is 37.1 Å². The molecule has 0 spiro atoms. The van der Waals surface area contributed by atoms with Crippen LogP contribution in [0.2, 0.25) is 0 Å². The summed E-state index contributed by atoms with van der Waals surface area (Å²) in [5.41, 5.74) is 0. The predicted octanol–water partition coefficient (Wildman–Crippen LogP) is 5.80. The first-order valence-electron chi connectivity index (χ1n) is 9.85. The first-order valence-corrected chi connectivity index (χ1v) is 13.3. The van der Waals surface area contributed by atoms with Crippen LogP contribution in [0.25, 0.3) is 0 Å². The van der Waals surface area contributed by atoms with Crippen molar-refractivity contribution in [3.63, 3.8) is 0 Å². The summed E-state index contributed by atoms with van der Waals surface area (Å²) >= 11 is 0. The molecule has 0 radical (unpaired) electrons. The second kappa shape index (κ2) is 16.1. The smallest absolute Gasteiger partial charge is 0.0620 e. The van der Waals surface area contributed by atoms with E-state index in [4.69, 9.17) is 0 Å². The normalized spacial score (nSPS) is 9.69. The number of rotatable bonds is 7. The van der Waals surface area contributed by atoms with Gasteiger partial charge in [0.15, 0.2) is 0 Å². The number of hydrogen-bond acceptors (Lipinski definition) is 0. The van der Waals surface area contributed by atoms with E-state index in [-0.39, 0.29) is 43.3 Å². The van der Waals surface area contributed by atoms with Crippen molar-refractivity contribution in [1.82, 2.24) is 0 Å². The molecule has 3 heteroatoms. The van der Waals surface area contributed by atoms with E-state index < -0.39 is 15.8 Å². The fraction of sp³-hybridized carbons (Fsp3) is 0.0690. The molecular weight excluding hydrogens is 605 g/mol. The Morgan fingerprint density at radius 1 is 0.344 bits per heavy atom. The van der Waals surface area contributed by atoms with E-state index >= 15 is 0 Å². The monoisotopic (exact) mass is 641 g/mol. The zero-order valence-corrected chi connectivity index (χ0v) is 23.7. The molecule has 173 valence electrons. The van der Waals surface area contributed by atoms with E-state index in [1.807, 2.05) is 0 Å². The van der Waals surface area contributed by atoms with Gasteiger partial charge >= 0.3 is 21.1 Å². The Hall–Kier alpha value is -1.57. The molecule has 0 aliphatic rings. The van der Waals surface area contributed by atoms with E-state index in [1.165, 1.54) is 33.5 Å². The predicted molar refractivity (Wildman–Crippen MR) is 151 cm³/mol. The van der Waals surface area contributed by atoms with Crippen molar-refractivity contribution in [1.29, 1.82) is 0 Å². The minimum absolute atomic E-state index is 0. The van der Waals surface area contributed by atoms with Crippen molar-refractivity contribution in [2.75, 3.05) is 12.3 Å². The summed E-state index contributed by atoms with van der Waals surface area (Å²) in [6.45, 7) is 0. The molecule has 0 atom stereocenters. The minimum Gasteiger partial charge on any atom is -0.0620 e. The molecule has 0 N–H and O–H groups in total. The van der Waals surface area contributed by atoms with Crippen LogP contribution in [0.3, 0.4) is 0 Å². The molecule has 4 aromatic carbocycles. The third-order valence-electron chi connectivity index (χ3n) is 5.11. The average molecular weight is 642 g/mol. The molecule has 0 fully saturated rings. The molecule has 0 aliphatic heterocycles. The third kappa shape index (κ3) is 8.09. The van der Waals surface area contributed by atoms with E-state index in [2.05, 4.69) is 121 Å². The zero-order valence-electron chi connectivity index (χ0n) is 19.3. The van der Waals surface area contributed by atoms with E-state index in [0.29, 0.717) is 0 Å². The summed E-state index contributed by atoms with van der Waals surface area (Å²) in [5.74, 6) is 0. The number of benzene rings is 4. The molecule has 0 amide bonds. The third-order valence-corrected chi connectivity index (χ3v) is 11.2. The summed E-state index contributed by atoms with van der Waals surface area (Å²) in [4.78, 5) is 0. The van der Waals surface area contributed by atoms with Crippen LogP contribution in [0.5, 0.6) is 0 Å². The van der Waals surface area contributed by atoms with Gasteiger partial charge in [-0.15, -0.1) is 0 Å². The summed E-state index contributed by atoms with van der Waals surface area (Å²) in [6, 6.07) is 44.5. The van der Waals surface area contributed by atoms with Gasteiger partial charge in [-0.25, -0.2) is 0 Å². The van der Waals surface area contributed by atoms with Gasteiger partial charge in [-0.05, 0) is 48.5 Å². The van der Waals surface area contributed by atoms with Gasteiger partial charge in [-0.1, -0.05) is 72.8 Å². The molecule has 0 saturated carbocycles. The van der Waals surface area contributed by atoms with E-state index in [0.717, 1.165) is 0 Å². The summed E-state index contributed by atoms with van der Waals surface area (Å²) in [6.07, 6.45) is 2.52. The van der Waals surface area contributed by atoms with Crippen LogP contribution in [-0.4, -0.2) is 12.3 Å². The van der Waals surface area contributed by atoms with Crippen LogP contribution in [0.1, 0.15) is 0 Å². The fourth-order valence-corrected chi connectivity index (χ4v) is 9.92. The van der Waals surface area contributed by atoms with Crippen LogP contribution < -0.4 is 21.2 Å². The van der Waals surface area contributed by atoms with Gasteiger partial charge in [0.25, 0.3) is 0 Å². The van der Waals surface area contributed by atoms with Crippen molar-refractivity contribution in [2.45, 2.75) is 0 Å². The van der Waals surface area contributed by atoms with Crippen LogP contribution in [-0.2, 0) is 21.1 Å². The van der Waals surface area contributed by atoms with Crippen molar-refractivity contribution in [3.05, 3.63) is 144 Å². The molecule has 0 aromatic heterocycles. The summed E-state index contributed by atoms with van der Waals surface area (Å²) in [5, 5.41) is 6.06. The van der Waals surface area contributed by atoms with Gasteiger partial charge in [-0.3, -0.25) is 0 Å². The van der Waals surface area contributed by atoms with Gasteiger partial charge in [0.05, 0.1) is 37.1 Å². The van der Waals surface area contributed by atoms with Crippen LogP contribution in [0.15, 0.2) is 121 Å². The van der Waals surface area contributed by atoms with Gasteiger partial charge in [0.1, 0.15) is 12.3 Å². The largest absolute Gasteiger partial charge is 0.101 e. The Bertz CT molecular complexity index is 799. The maximum Gasteiger partial charge on any atom is 0.101 e. The Morgan fingerprint density at radius 2 is 0.531 bits per heavy atom. The molecule has 4 rings (SSSR count). The molecule has 0 heterocycles. The Labute approximate surface area is 213 Å². The summed E-state index contributed by atoms with van der Waals surface area (Å²) in [7, 11) is -1.57. The topological polar surface area (TPSA) is 0 Å². The van der Waals surface area contributed by atoms with Crippen LogP contribution >= 0.6 is 15.8 Å². The standard InChI is InChI=1S/C26H24P2.3CH3.Pt.H/c1-5-13-23(14-6-1)27(24-15-7-2-8-16-24)21-22-28(25-17-9-3-10-18-25)26-19-11-4-12-20-26;;;;;/h1-20H,21-22H2;3*1H3;;/q;3*-1;;/p+2. The maximum absolute atomic E-state index is 2.32. The Morgan fingerprint density at radius 3 is 0.719 bits per heavy atom. The molecule has 0 aliphatic carbocycles. The van der Waals surface area contributed by atoms with Gasteiger partial charge in [-0.2, -0.15) is 0 Å². The first-order chi connectivity index (χ1) is 13.9. The molecule has 0 nitrogen and oxygen atoms in total. The molecule has 32 heavy (non-hydrogen) atoms. The Kier molecular flexibility index (Phi) is 15.3. The van der Waals surface area contributed by atoms with Gasteiger partial charge in [0.2, 0.25) is 0 Å². The first kappa shape index (κ1) is 30.4. The molecule has 0 unspecified atom stereocenters. The van der Waals surface area contributed by atoms with E-state index in [1.54, 1.807) is 0 Å². The SMILES string of the molecule is [CH3-].[CH3-].[CH3-].[PtH].c1ccc([PH+](CC[PH+](c2ccccc2)c2ccccc2)c2ccccc2)cc1. The molecular formula is C29H36P2Pt-. The second-order valence-electron chi connectivity index (χ2n) is 6.92. The molecule has 0 bridgehead atoms. The second-order valence-corrected chi connectivity index (χ2v) is 12.1. The number of hydrogen-bond donors (Lipinski definition) is 0. The van der Waals surface area contributed by atoms with Gasteiger partial charge in [0, 0.05) is 0 Å². The Balaban J connectivity index is 0.00000240.